The fourth-order valence-corrected chi connectivity index (χ4v) is 6.83. The van der Waals surface area contributed by atoms with Gasteiger partial charge in [-0.1, -0.05) is 0 Å². The van der Waals surface area contributed by atoms with Crippen LogP contribution in [0.25, 0.3) is 0 Å². The van der Waals surface area contributed by atoms with E-state index in [1.165, 1.54) is 4.90 Å². The van der Waals surface area contributed by atoms with Gasteiger partial charge in [0.05, 0.1) is 0 Å². The molecule has 8 heteroatoms. The first-order chi connectivity index (χ1) is 13.2. The molecule has 7 atom stereocenters. The summed E-state index contributed by atoms with van der Waals surface area (Å²) in [5, 5.41) is 7.08. The normalized spacial score (nSPS) is 40.1. The fourth-order valence-electron chi connectivity index (χ4n) is 5.12. The first-order valence-corrected chi connectivity index (χ1v) is 11.5. The van der Waals surface area contributed by atoms with E-state index in [1.54, 1.807) is 11.8 Å². The number of ether oxygens (including phenoxy) is 1. The molecule has 6 nitrogen and oxygen atoms in total. The summed E-state index contributed by atoms with van der Waals surface area (Å²) in [4.78, 5) is 26.5. The third-order valence-corrected chi connectivity index (χ3v) is 8.05. The lowest BCUT2D eigenvalue weighted by molar-refractivity contribution is -0.130. The predicted molar refractivity (Wildman–Crippen MR) is 107 cm³/mol. The summed E-state index contributed by atoms with van der Waals surface area (Å²) < 4.78 is 19.2. The monoisotopic (exact) mass is 413 g/mol. The molecule has 4 fully saturated rings. The van der Waals surface area contributed by atoms with Crippen LogP contribution < -0.4 is 10.6 Å². The van der Waals surface area contributed by atoms with Gasteiger partial charge in [0.2, 0.25) is 5.91 Å². The Morgan fingerprint density at radius 2 is 1.96 bits per heavy atom. The molecule has 0 aromatic rings. The first-order valence-electron chi connectivity index (χ1n) is 10.6. The van der Waals surface area contributed by atoms with Gasteiger partial charge in [-0.05, 0) is 71.1 Å². The van der Waals surface area contributed by atoms with Gasteiger partial charge in [-0.3, -0.25) is 15.0 Å². The van der Waals surface area contributed by atoms with E-state index < -0.39 is 23.9 Å². The van der Waals surface area contributed by atoms with Crippen LogP contribution in [-0.2, 0) is 9.53 Å². The Hall–Kier alpha value is -1.02. The molecule has 0 bridgehead atoms. The zero-order valence-corrected chi connectivity index (χ0v) is 17.8. The van der Waals surface area contributed by atoms with Crippen molar-refractivity contribution < 1.29 is 18.7 Å². The molecule has 158 valence electrons. The van der Waals surface area contributed by atoms with Crippen LogP contribution >= 0.6 is 11.8 Å². The molecule has 0 aromatic carbocycles. The molecule has 28 heavy (non-hydrogen) atoms. The van der Waals surface area contributed by atoms with Crippen LogP contribution in [0.15, 0.2) is 0 Å². The number of amides is 2. The Morgan fingerprint density at radius 3 is 2.64 bits per heavy atom. The first kappa shape index (κ1) is 20.3. The van der Waals surface area contributed by atoms with Crippen molar-refractivity contribution in [3.63, 3.8) is 0 Å². The van der Waals surface area contributed by atoms with Gasteiger partial charge in [0.25, 0.3) is 0 Å². The summed E-state index contributed by atoms with van der Waals surface area (Å²) in [5.74, 6) is 0.917. The minimum atomic E-state index is -0.634. The van der Waals surface area contributed by atoms with Gasteiger partial charge in [-0.25, -0.2) is 9.18 Å². The smallest absolute Gasteiger partial charge is 0.410 e. The quantitative estimate of drug-likeness (QED) is 0.728. The van der Waals surface area contributed by atoms with E-state index in [-0.39, 0.29) is 11.4 Å². The topological polar surface area (TPSA) is 70.7 Å². The number of thioether (sulfide) groups is 1. The fraction of sp³-hybridized carbons (Fsp3) is 0.900. The Balaban J connectivity index is 1.31. The Labute approximate surface area is 170 Å². The van der Waals surface area contributed by atoms with Crippen LogP contribution in [0.3, 0.4) is 0 Å². The van der Waals surface area contributed by atoms with Crippen LogP contribution in [0.1, 0.15) is 59.3 Å². The molecule has 0 aromatic heterocycles. The molecule has 0 radical (unpaired) electrons. The van der Waals surface area contributed by atoms with Crippen molar-refractivity contribution >= 4 is 23.8 Å². The number of hydrogen-bond donors (Lipinski definition) is 2. The van der Waals surface area contributed by atoms with Gasteiger partial charge in [0, 0.05) is 17.8 Å². The van der Waals surface area contributed by atoms with Gasteiger partial charge in [0.1, 0.15) is 23.3 Å². The van der Waals surface area contributed by atoms with E-state index in [4.69, 9.17) is 4.74 Å². The highest BCUT2D eigenvalue weighted by atomic mass is 32.2. The van der Waals surface area contributed by atoms with Crippen molar-refractivity contribution in [3.8, 4) is 0 Å². The number of nitrogens with one attached hydrogen (secondary N) is 2. The van der Waals surface area contributed by atoms with Gasteiger partial charge in [-0.15, -0.1) is 11.8 Å². The maximum absolute atomic E-state index is 13.8. The number of likely N-dealkylation sites (tertiary alicyclic amines) is 1. The zero-order chi connectivity index (χ0) is 20.1. The maximum Gasteiger partial charge on any atom is 0.410 e. The largest absolute Gasteiger partial charge is 0.444 e. The number of nitrogens with zero attached hydrogens (tertiary/aromatic N) is 1. The van der Waals surface area contributed by atoms with Crippen LogP contribution in [0.5, 0.6) is 0 Å². The second kappa shape index (κ2) is 7.67. The van der Waals surface area contributed by atoms with Crippen LogP contribution in [0.2, 0.25) is 0 Å². The second-order valence-electron chi connectivity index (χ2n) is 9.65. The maximum atomic E-state index is 13.8. The highest BCUT2D eigenvalue weighted by Gasteiger charge is 2.48. The summed E-state index contributed by atoms with van der Waals surface area (Å²) in [6.07, 6.45) is 4.07. The van der Waals surface area contributed by atoms with Crippen molar-refractivity contribution in [1.82, 2.24) is 15.5 Å². The standard InChI is InChI=1S/C20H32FN3O3S/c1-20(2,3)27-19(26)24-9-8-15(24)17(25)23-18-22-14-7-4-11-10-12(21)5-6-13(11)16(14)28-18/h11-16,18,22H,4-10H2,1-3H3,(H,23,25)/t11?,12?,13?,14?,15-,16?,18?/m0/s1. The number of hydrogen-bond acceptors (Lipinski definition) is 5. The molecule has 2 amide bonds. The summed E-state index contributed by atoms with van der Waals surface area (Å²) in [5.41, 5.74) is -0.702. The number of fused-ring (bicyclic) bond motifs is 3. The van der Waals surface area contributed by atoms with E-state index in [9.17, 15) is 14.0 Å². The number of alkyl halides is 1. The molecule has 2 heterocycles. The molecule has 2 aliphatic carbocycles. The SMILES string of the molecule is CC(C)(C)OC(=O)N1CC[C@H]1C(=O)NC1NC2CCC3CC(F)CCC3C2S1. The number of halogens is 1. The molecule has 0 spiro atoms. The number of carbonyl (C=O) groups is 2. The average molecular weight is 414 g/mol. The third kappa shape index (κ3) is 4.13. The van der Waals surface area contributed by atoms with Gasteiger partial charge in [0.15, 0.2) is 0 Å². The average Bonchev–Trinajstić information content (AvgIpc) is 2.94. The lowest BCUT2D eigenvalue weighted by atomic mass is 9.68. The van der Waals surface area contributed by atoms with Crippen LogP contribution in [-0.4, -0.2) is 58.0 Å². The molecule has 4 aliphatic rings. The number of carbonyl (C=O) groups excluding carboxylic acids is 2. The van der Waals surface area contributed by atoms with Crippen molar-refractivity contribution in [2.45, 2.75) is 93.9 Å². The third-order valence-electron chi connectivity index (χ3n) is 6.53. The van der Waals surface area contributed by atoms with Gasteiger partial charge >= 0.3 is 6.09 Å². The molecular formula is C20H32FN3O3S. The summed E-state index contributed by atoms with van der Waals surface area (Å²) >= 11 is 1.78. The minimum Gasteiger partial charge on any atom is -0.444 e. The van der Waals surface area contributed by atoms with Crippen molar-refractivity contribution in [3.05, 3.63) is 0 Å². The predicted octanol–water partition coefficient (Wildman–Crippen LogP) is 3.02. The van der Waals surface area contributed by atoms with Crippen molar-refractivity contribution in [1.29, 1.82) is 0 Å². The summed E-state index contributed by atoms with van der Waals surface area (Å²) in [6.45, 7) is 6.02. The van der Waals surface area contributed by atoms with Crippen molar-refractivity contribution in [2.24, 2.45) is 11.8 Å². The second-order valence-corrected chi connectivity index (χ2v) is 10.9. The van der Waals surface area contributed by atoms with E-state index in [2.05, 4.69) is 10.6 Å². The van der Waals surface area contributed by atoms with Crippen molar-refractivity contribution in [2.75, 3.05) is 6.54 Å². The molecule has 4 rings (SSSR count). The minimum absolute atomic E-state index is 0.121. The zero-order valence-electron chi connectivity index (χ0n) is 16.9. The van der Waals surface area contributed by atoms with Crippen LogP contribution in [0.4, 0.5) is 9.18 Å². The highest BCUT2D eigenvalue weighted by molar-refractivity contribution is 8.00. The van der Waals surface area contributed by atoms with E-state index in [0.717, 1.165) is 19.3 Å². The number of rotatable bonds is 2. The Bertz CT molecular complexity index is 628. The van der Waals surface area contributed by atoms with Gasteiger partial charge in [-0.2, -0.15) is 0 Å². The summed E-state index contributed by atoms with van der Waals surface area (Å²) in [6, 6.07) is -0.0642. The van der Waals surface area contributed by atoms with Gasteiger partial charge < -0.3 is 10.1 Å². The van der Waals surface area contributed by atoms with E-state index >= 15 is 0 Å². The molecule has 2 aliphatic heterocycles. The molecule has 6 unspecified atom stereocenters. The van der Waals surface area contributed by atoms with Crippen LogP contribution in [0, 0.1) is 11.8 Å². The molecule has 2 saturated carbocycles. The molecular weight excluding hydrogens is 381 g/mol. The Kier molecular flexibility index (Phi) is 5.55. The molecule has 2 N–H and O–H groups in total. The summed E-state index contributed by atoms with van der Waals surface area (Å²) in [7, 11) is 0. The van der Waals surface area contributed by atoms with E-state index in [0.29, 0.717) is 48.9 Å². The molecule has 2 saturated heterocycles. The van der Waals surface area contributed by atoms with E-state index in [1.807, 2.05) is 20.8 Å². The Morgan fingerprint density at radius 1 is 1.18 bits per heavy atom. The lowest BCUT2D eigenvalue weighted by Crippen LogP contribution is -2.61. The highest BCUT2D eigenvalue weighted by Crippen LogP contribution is 2.48. The lowest BCUT2D eigenvalue weighted by Gasteiger charge is -2.42.